The molecule has 0 amide bonds. The molecule has 0 fully saturated rings. The Morgan fingerprint density at radius 1 is 1.26 bits per heavy atom. The second kappa shape index (κ2) is 5.22. The highest BCUT2D eigenvalue weighted by molar-refractivity contribution is 7.92. The minimum absolute atomic E-state index is 0.0247. The molecule has 8 heteroatoms. The number of anilines is 1. The van der Waals surface area contributed by atoms with E-state index >= 15 is 0 Å². The summed E-state index contributed by atoms with van der Waals surface area (Å²) in [7, 11) is -3.81. The Labute approximate surface area is 114 Å². The molecule has 19 heavy (non-hydrogen) atoms. The van der Waals surface area contributed by atoms with Crippen LogP contribution >= 0.6 is 11.6 Å². The molecule has 0 bridgehead atoms. The molecule has 1 aromatic carbocycles. The molecule has 0 aliphatic heterocycles. The van der Waals surface area contributed by atoms with Crippen molar-refractivity contribution in [3.8, 4) is 6.07 Å². The Morgan fingerprint density at radius 3 is 2.68 bits per heavy atom. The SMILES string of the molecule is N#Cc1cccc(S(=O)(=O)Nc2cnc(Cl)cn2)c1. The van der Waals surface area contributed by atoms with E-state index in [1.165, 1.54) is 36.7 Å². The fourth-order valence-electron chi connectivity index (χ4n) is 1.29. The van der Waals surface area contributed by atoms with Crippen LogP contribution in [-0.4, -0.2) is 18.4 Å². The van der Waals surface area contributed by atoms with E-state index in [2.05, 4.69) is 14.7 Å². The molecule has 2 rings (SSSR count). The summed E-state index contributed by atoms with van der Waals surface area (Å²) in [5, 5.41) is 8.91. The van der Waals surface area contributed by atoms with Gasteiger partial charge in [-0.15, -0.1) is 0 Å². The van der Waals surface area contributed by atoms with Crippen LogP contribution in [0.3, 0.4) is 0 Å². The van der Waals surface area contributed by atoms with Crippen LogP contribution in [0.5, 0.6) is 0 Å². The van der Waals surface area contributed by atoms with E-state index in [0.29, 0.717) is 0 Å². The Morgan fingerprint density at radius 2 is 2.05 bits per heavy atom. The zero-order valence-corrected chi connectivity index (χ0v) is 11.0. The average molecular weight is 295 g/mol. The summed E-state index contributed by atoms with van der Waals surface area (Å²) in [6.45, 7) is 0. The molecule has 96 valence electrons. The first-order valence-electron chi connectivity index (χ1n) is 5.02. The maximum atomic E-state index is 12.0. The van der Waals surface area contributed by atoms with Crippen molar-refractivity contribution in [3.05, 3.63) is 47.4 Å². The summed E-state index contributed by atoms with van der Waals surface area (Å²) < 4.78 is 26.3. The predicted octanol–water partition coefficient (Wildman–Crippen LogP) is 1.80. The lowest BCUT2D eigenvalue weighted by Crippen LogP contribution is -2.14. The Bertz CT molecular complexity index is 738. The third kappa shape index (κ3) is 3.19. The van der Waals surface area contributed by atoms with E-state index in [1.54, 1.807) is 0 Å². The van der Waals surface area contributed by atoms with Crippen molar-refractivity contribution in [2.24, 2.45) is 0 Å². The molecule has 0 aliphatic carbocycles. The van der Waals surface area contributed by atoms with Crippen LogP contribution in [0.4, 0.5) is 5.82 Å². The Balaban J connectivity index is 2.32. The number of nitrogens with one attached hydrogen (secondary N) is 1. The fraction of sp³-hybridized carbons (Fsp3) is 0. The molecule has 0 radical (unpaired) electrons. The standard InChI is InChI=1S/C11H7ClN4O2S/c12-10-6-15-11(7-14-10)16-19(17,18)9-3-1-2-8(4-9)5-13/h1-4,6-7H,(H,15,16). The first-order chi connectivity index (χ1) is 9.01. The van der Waals surface area contributed by atoms with Crippen molar-refractivity contribution >= 4 is 27.4 Å². The monoisotopic (exact) mass is 294 g/mol. The minimum atomic E-state index is -3.81. The number of rotatable bonds is 3. The van der Waals surface area contributed by atoms with Crippen LogP contribution in [0.1, 0.15) is 5.56 Å². The van der Waals surface area contributed by atoms with Crippen molar-refractivity contribution in [1.29, 1.82) is 5.26 Å². The highest BCUT2D eigenvalue weighted by Crippen LogP contribution is 2.15. The quantitative estimate of drug-likeness (QED) is 0.931. The maximum absolute atomic E-state index is 12.0. The van der Waals surface area contributed by atoms with Gasteiger partial charge in [0.25, 0.3) is 10.0 Å². The molecular formula is C11H7ClN4O2S. The van der Waals surface area contributed by atoms with E-state index in [9.17, 15) is 8.42 Å². The normalized spacial score (nSPS) is 10.7. The van der Waals surface area contributed by atoms with Gasteiger partial charge in [-0.1, -0.05) is 17.7 Å². The number of sulfonamides is 1. The molecule has 1 aromatic heterocycles. The second-order valence-corrected chi connectivity index (χ2v) is 5.54. The minimum Gasteiger partial charge on any atom is -0.262 e. The second-order valence-electron chi connectivity index (χ2n) is 3.47. The van der Waals surface area contributed by atoms with Gasteiger partial charge in [-0.25, -0.2) is 18.4 Å². The average Bonchev–Trinajstić information content (AvgIpc) is 2.41. The van der Waals surface area contributed by atoms with Crippen molar-refractivity contribution < 1.29 is 8.42 Å². The van der Waals surface area contributed by atoms with Gasteiger partial charge in [-0.05, 0) is 18.2 Å². The lowest BCUT2D eigenvalue weighted by atomic mass is 10.2. The van der Waals surface area contributed by atoms with E-state index in [-0.39, 0.29) is 21.4 Å². The molecular weight excluding hydrogens is 288 g/mol. The van der Waals surface area contributed by atoms with Gasteiger partial charge in [-0.2, -0.15) is 5.26 Å². The van der Waals surface area contributed by atoms with Crippen molar-refractivity contribution in [3.63, 3.8) is 0 Å². The Hall–Kier alpha value is -2.17. The molecule has 0 saturated heterocycles. The van der Waals surface area contributed by atoms with Gasteiger partial charge in [0, 0.05) is 0 Å². The predicted molar refractivity (Wildman–Crippen MR) is 69.0 cm³/mol. The molecule has 6 nitrogen and oxygen atoms in total. The third-order valence-electron chi connectivity index (χ3n) is 2.13. The van der Waals surface area contributed by atoms with Crippen molar-refractivity contribution in [1.82, 2.24) is 9.97 Å². The first kappa shape index (κ1) is 13.3. The summed E-state index contributed by atoms with van der Waals surface area (Å²) in [5.41, 5.74) is 0.255. The lowest BCUT2D eigenvalue weighted by Gasteiger charge is -2.06. The van der Waals surface area contributed by atoms with E-state index in [1.807, 2.05) is 6.07 Å². The molecule has 0 atom stereocenters. The van der Waals surface area contributed by atoms with E-state index in [0.717, 1.165) is 0 Å². The molecule has 1 N–H and O–H groups in total. The number of hydrogen-bond acceptors (Lipinski definition) is 5. The van der Waals surface area contributed by atoms with Crippen LogP contribution in [0.15, 0.2) is 41.6 Å². The summed E-state index contributed by atoms with van der Waals surface area (Å²) in [4.78, 5) is 7.47. The molecule has 0 spiro atoms. The third-order valence-corrected chi connectivity index (χ3v) is 3.68. The van der Waals surface area contributed by atoms with Crippen molar-refractivity contribution in [2.45, 2.75) is 4.90 Å². The van der Waals surface area contributed by atoms with Crippen LogP contribution in [0, 0.1) is 11.3 Å². The lowest BCUT2D eigenvalue weighted by molar-refractivity contribution is 0.601. The smallest absolute Gasteiger partial charge is 0.262 e. The van der Waals surface area contributed by atoms with Gasteiger partial charge in [0.15, 0.2) is 5.82 Å². The van der Waals surface area contributed by atoms with E-state index in [4.69, 9.17) is 16.9 Å². The fourth-order valence-corrected chi connectivity index (χ4v) is 2.43. The van der Waals surface area contributed by atoms with Gasteiger partial charge in [0.05, 0.1) is 28.9 Å². The Kier molecular flexibility index (Phi) is 3.64. The number of halogens is 1. The van der Waals surface area contributed by atoms with Gasteiger partial charge in [0.2, 0.25) is 0 Å². The highest BCUT2D eigenvalue weighted by Gasteiger charge is 2.15. The summed E-state index contributed by atoms with van der Waals surface area (Å²) >= 11 is 5.55. The highest BCUT2D eigenvalue weighted by atomic mass is 35.5. The zero-order chi connectivity index (χ0) is 13.9. The van der Waals surface area contributed by atoms with Crippen LogP contribution in [0.25, 0.3) is 0 Å². The molecule has 0 aliphatic rings. The largest absolute Gasteiger partial charge is 0.263 e. The summed E-state index contributed by atoms with van der Waals surface area (Å²) in [6.07, 6.45) is 2.43. The topological polar surface area (TPSA) is 95.7 Å². The van der Waals surface area contributed by atoms with Crippen LogP contribution in [-0.2, 0) is 10.0 Å². The first-order valence-corrected chi connectivity index (χ1v) is 6.88. The molecule has 0 saturated carbocycles. The van der Waals surface area contributed by atoms with Crippen LogP contribution in [0.2, 0.25) is 5.15 Å². The van der Waals surface area contributed by atoms with E-state index < -0.39 is 10.0 Å². The van der Waals surface area contributed by atoms with Gasteiger partial charge >= 0.3 is 0 Å². The molecule has 1 heterocycles. The van der Waals surface area contributed by atoms with Crippen LogP contribution < -0.4 is 4.72 Å². The number of aromatic nitrogens is 2. The zero-order valence-electron chi connectivity index (χ0n) is 9.41. The number of nitrogens with zero attached hydrogens (tertiary/aromatic N) is 3. The number of nitriles is 1. The summed E-state index contributed by atoms with van der Waals surface area (Å²) in [5.74, 6) is 0.0479. The summed E-state index contributed by atoms with van der Waals surface area (Å²) in [6, 6.07) is 7.53. The maximum Gasteiger partial charge on any atom is 0.263 e. The van der Waals surface area contributed by atoms with Gasteiger partial charge < -0.3 is 0 Å². The van der Waals surface area contributed by atoms with Crippen molar-refractivity contribution in [2.75, 3.05) is 4.72 Å². The van der Waals surface area contributed by atoms with Gasteiger partial charge in [0.1, 0.15) is 5.15 Å². The molecule has 2 aromatic rings. The van der Waals surface area contributed by atoms with Gasteiger partial charge in [-0.3, -0.25) is 4.72 Å². The number of hydrogen-bond donors (Lipinski definition) is 1. The number of benzene rings is 1. The molecule has 0 unspecified atom stereocenters.